The SMILES string of the molecule is CC[C@]1(C)NC(=O)N(NC(=O)CSc2nc3ccccc3n2CCC(C)C)C1=O. The molecule has 29 heavy (non-hydrogen) atoms. The van der Waals surface area contributed by atoms with E-state index in [1.807, 2.05) is 24.3 Å². The molecule has 0 spiro atoms. The Morgan fingerprint density at radius 1 is 1.31 bits per heavy atom. The van der Waals surface area contributed by atoms with Gasteiger partial charge < -0.3 is 9.88 Å². The summed E-state index contributed by atoms with van der Waals surface area (Å²) in [5.74, 6) is -0.288. The number of thioether (sulfide) groups is 1. The minimum Gasteiger partial charge on any atom is -0.322 e. The molecular formula is C20H27N5O3S. The Bertz CT molecular complexity index is 941. The first kappa shape index (κ1) is 21.2. The molecule has 2 aromatic rings. The van der Waals surface area contributed by atoms with Crippen molar-refractivity contribution in [3.8, 4) is 0 Å². The average molecular weight is 418 g/mol. The Morgan fingerprint density at radius 3 is 2.69 bits per heavy atom. The fraction of sp³-hybridized carbons (Fsp3) is 0.500. The summed E-state index contributed by atoms with van der Waals surface area (Å²) < 4.78 is 2.12. The van der Waals surface area contributed by atoms with Crippen LogP contribution in [0.1, 0.15) is 40.5 Å². The molecule has 3 rings (SSSR count). The highest BCUT2D eigenvalue weighted by atomic mass is 32.2. The Balaban J connectivity index is 1.69. The predicted octanol–water partition coefficient (Wildman–Crippen LogP) is 2.93. The van der Waals surface area contributed by atoms with E-state index in [-0.39, 0.29) is 5.75 Å². The minimum absolute atomic E-state index is 0.0465. The molecule has 1 aromatic heterocycles. The van der Waals surface area contributed by atoms with Crippen LogP contribution >= 0.6 is 11.8 Å². The summed E-state index contributed by atoms with van der Waals surface area (Å²) >= 11 is 1.29. The molecule has 9 heteroatoms. The first-order valence-electron chi connectivity index (χ1n) is 9.79. The van der Waals surface area contributed by atoms with Gasteiger partial charge >= 0.3 is 6.03 Å². The molecule has 1 saturated heterocycles. The van der Waals surface area contributed by atoms with Crippen molar-refractivity contribution in [1.29, 1.82) is 0 Å². The quantitative estimate of drug-likeness (QED) is 0.509. The summed E-state index contributed by atoms with van der Waals surface area (Å²) in [6.45, 7) is 8.60. The Morgan fingerprint density at radius 2 is 2.03 bits per heavy atom. The maximum atomic E-state index is 12.4. The molecule has 1 aromatic carbocycles. The van der Waals surface area contributed by atoms with Gasteiger partial charge in [-0.15, -0.1) is 0 Å². The first-order valence-corrected chi connectivity index (χ1v) is 10.8. The molecule has 1 atom stereocenters. The number of aromatic nitrogens is 2. The number of benzene rings is 1. The molecule has 0 radical (unpaired) electrons. The molecule has 1 aliphatic heterocycles. The monoisotopic (exact) mass is 417 g/mol. The second-order valence-corrected chi connectivity index (χ2v) is 8.74. The van der Waals surface area contributed by atoms with Gasteiger partial charge in [-0.05, 0) is 37.8 Å². The van der Waals surface area contributed by atoms with E-state index >= 15 is 0 Å². The Hall–Kier alpha value is -2.55. The average Bonchev–Trinajstić information content (AvgIpc) is 3.14. The molecule has 0 unspecified atom stereocenters. The van der Waals surface area contributed by atoms with Crippen LogP contribution in [0.5, 0.6) is 0 Å². The lowest BCUT2D eigenvalue weighted by atomic mass is 10.00. The van der Waals surface area contributed by atoms with E-state index in [2.05, 4.69) is 34.1 Å². The van der Waals surface area contributed by atoms with Crippen molar-refractivity contribution >= 4 is 40.6 Å². The topological polar surface area (TPSA) is 96.3 Å². The summed E-state index contributed by atoms with van der Waals surface area (Å²) in [6.07, 6.45) is 1.44. The van der Waals surface area contributed by atoms with Gasteiger partial charge in [0.15, 0.2) is 5.16 Å². The zero-order chi connectivity index (χ0) is 21.2. The number of amides is 4. The maximum Gasteiger partial charge on any atom is 0.344 e. The van der Waals surface area contributed by atoms with Crippen LogP contribution in [0.25, 0.3) is 11.0 Å². The highest BCUT2D eigenvalue weighted by Gasteiger charge is 2.47. The van der Waals surface area contributed by atoms with Crippen LogP contribution in [0.3, 0.4) is 0 Å². The van der Waals surface area contributed by atoms with Gasteiger partial charge in [0.05, 0.1) is 16.8 Å². The number of nitrogens with zero attached hydrogens (tertiary/aromatic N) is 3. The summed E-state index contributed by atoms with van der Waals surface area (Å²) in [6, 6.07) is 7.27. The first-order chi connectivity index (χ1) is 13.7. The largest absolute Gasteiger partial charge is 0.344 e. The third-order valence-electron chi connectivity index (χ3n) is 5.09. The molecule has 1 aliphatic rings. The second-order valence-electron chi connectivity index (χ2n) is 7.80. The highest BCUT2D eigenvalue weighted by Crippen LogP contribution is 2.25. The number of hydrogen-bond donors (Lipinski definition) is 2. The number of urea groups is 1. The van der Waals surface area contributed by atoms with Crippen LogP contribution in [-0.4, -0.2) is 43.7 Å². The van der Waals surface area contributed by atoms with Crippen molar-refractivity contribution in [2.24, 2.45) is 5.92 Å². The fourth-order valence-electron chi connectivity index (χ4n) is 3.08. The lowest BCUT2D eigenvalue weighted by Gasteiger charge is -2.19. The number of para-hydroxylation sites is 2. The van der Waals surface area contributed by atoms with Crippen LogP contribution in [0.4, 0.5) is 4.79 Å². The fourth-order valence-corrected chi connectivity index (χ4v) is 3.91. The molecule has 0 bridgehead atoms. The number of nitrogens with one attached hydrogen (secondary N) is 2. The molecular weight excluding hydrogens is 390 g/mol. The van der Waals surface area contributed by atoms with Crippen molar-refractivity contribution < 1.29 is 14.4 Å². The number of imide groups is 1. The number of hydrogen-bond acceptors (Lipinski definition) is 5. The number of aryl methyl sites for hydroxylation is 1. The summed E-state index contributed by atoms with van der Waals surface area (Å²) in [5.41, 5.74) is 3.35. The minimum atomic E-state index is -0.984. The third kappa shape index (κ3) is 4.39. The zero-order valence-corrected chi connectivity index (χ0v) is 18.0. The number of rotatable bonds is 8. The van der Waals surface area contributed by atoms with Crippen molar-refractivity contribution in [3.05, 3.63) is 24.3 Å². The van der Waals surface area contributed by atoms with Crippen LogP contribution in [0.15, 0.2) is 29.4 Å². The van der Waals surface area contributed by atoms with E-state index in [1.165, 1.54) is 11.8 Å². The van der Waals surface area contributed by atoms with Gasteiger partial charge in [-0.2, -0.15) is 5.01 Å². The van der Waals surface area contributed by atoms with Crippen molar-refractivity contribution in [2.45, 2.75) is 57.8 Å². The molecule has 0 aliphatic carbocycles. The smallest absolute Gasteiger partial charge is 0.322 e. The molecule has 2 N–H and O–H groups in total. The third-order valence-corrected chi connectivity index (χ3v) is 6.06. The number of fused-ring (bicyclic) bond motifs is 1. The van der Waals surface area contributed by atoms with Crippen molar-refractivity contribution in [2.75, 3.05) is 5.75 Å². The van der Waals surface area contributed by atoms with Gasteiger partial charge in [-0.1, -0.05) is 44.7 Å². The lowest BCUT2D eigenvalue weighted by Crippen LogP contribution is -2.49. The van der Waals surface area contributed by atoms with E-state index in [4.69, 9.17) is 0 Å². The van der Waals surface area contributed by atoms with Crippen LogP contribution in [-0.2, 0) is 16.1 Å². The number of imidazole rings is 1. The molecule has 4 amide bonds. The zero-order valence-electron chi connectivity index (χ0n) is 17.2. The molecule has 0 saturated carbocycles. The van der Waals surface area contributed by atoms with Crippen molar-refractivity contribution in [3.63, 3.8) is 0 Å². The standard InChI is InChI=1S/C20H27N5O3S/c1-5-20(4)17(27)25(18(28)22-20)23-16(26)12-29-19-21-14-8-6-7-9-15(14)24(19)11-10-13(2)3/h6-9,13H,5,10-12H2,1-4H3,(H,22,28)(H,23,26)/t20-/m0/s1. The Kier molecular flexibility index (Phi) is 6.16. The van der Waals surface area contributed by atoms with E-state index in [1.54, 1.807) is 13.8 Å². The molecule has 8 nitrogen and oxygen atoms in total. The summed E-state index contributed by atoms with van der Waals surface area (Å²) in [7, 11) is 0. The predicted molar refractivity (Wildman–Crippen MR) is 112 cm³/mol. The van der Waals surface area contributed by atoms with Gasteiger partial charge in [0.25, 0.3) is 5.91 Å². The summed E-state index contributed by atoms with van der Waals surface area (Å²) in [4.78, 5) is 41.5. The molecule has 2 heterocycles. The summed E-state index contributed by atoms with van der Waals surface area (Å²) in [5, 5.41) is 4.13. The van der Waals surface area contributed by atoms with Gasteiger partial charge in [-0.25, -0.2) is 9.78 Å². The second kappa shape index (κ2) is 8.44. The van der Waals surface area contributed by atoms with Gasteiger partial charge in [0.1, 0.15) is 5.54 Å². The van der Waals surface area contributed by atoms with Crippen LogP contribution in [0.2, 0.25) is 0 Å². The van der Waals surface area contributed by atoms with E-state index in [9.17, 15) is 14.4 Å². The van der Waals surface area contributed by atoms with E-state index in [0.29, 0.717) is 12.3 Å². The highest BCUT2D eigenvalue weighted by molar-refractivity contribution is 7.99. The van der Waals surface area contributed by atoms with Gasteiger partial charge in [-0.3, -0.25) is 15.0 Å². The number of carbonyl (C=O) groups excluding carboxylic acids is 3. The molecule has 1 fully saturated rings. The normalized spacial score (nSPS) is 19.3. The number of carbonyl (C=O) groups is 3. The van der Waals surface area contributed by atoms with Gasteiger partial charge in [0.2, 0.25) is 5.91 Å². The lowest BCUT2D eigenvalue weighted by molar-refractivity contribution is -0.137. The maximum absolute atomic E-state index is 12.4. The van der Waals surface area contributed by atoms with E-state index in [0.717, 1.165) is 34.2 Å². The van der Waals surface area contributed by atoms with Crippen LogP contribution < -0.4 is 10.7 Å². The van der Waals surface area contributed by atoms with Crippen molar-refractivity contribution in [1.82, 2.24) is 25.3 Å². The number of hydrazine groups is 1. The molecule has 156 valence electrons. The van der Waals surface area contributed by atoms with E-state index < -0.39 is 23.4 Å². The van der Waals surface area contributed by atoms with Crippen LogP contribution in [0, 0.1) is 5.92 Å². The Labute approximate surface area is 174 Å². The van der Waals surface area contributed by atoms with Gasteiger partial charge in [0, 0.05) is 6.54 Å².